The normalized spacial score (nSPS) is 12.9. The molecule has 0 bridgehead atoms. The second-order valence-corrected chi connectivity index (χ2v) is 4.51. The van der Waals surface area contributed by atoms with Crippen molar-refractivity contribution < 1.29 is 9.59 Å². The molecule has 0 aromatic heterocycles. The van der Waals surface area contributed by atoms with Crippen LogP contribution in [0.15, 0.2) is 24.3 Å². The molecule has 1 aromatic carbocycles. The highest BCUT2D eigenvalue weighted by Crippen LogP contribution is 2.11. The Hall–Kier alpha value is -2.35. The number of urea groups is 1. The van der Waals surface area contributed by atoms with Crippen LogP contribution in [-0.4, -0.2) is 17.4 Å². The maximum absolute atomic E-state index is 11.7. The number of carbonyl (C=O) groups excluding carboxylic acids is 2. The van der Waals surface area contributed by atoms with Crippen LogP contribution < -0.4 is 10.6 Å². The zero-order valence-electron chi connectivity index (χ0n) is 11.3. The maximum Gasteiger partial charge on any atom is 0.320 e. The number of benzene rings is 1. The van der Waals surface area contributed by atoms with E-state index < -0.39 is 11.6 Å². The lowest BCUT2D eigenvalue weighted by Crippen LogP contribution is -2.46. The molecule has 2 N–H and O–H groups in total. The monoisotopic (exact) mass is 259 g/mol. The third-order valence-electron chi connectivity index (χ3n) is 2.89. The summed E-state index contributed by atoms with van der Waals surface area (Å²) in [6.45, 7) is 4.96. The van der Waals surface area contributed by atoms with E-state index in [2.05, 4.69) is 16.7 Å². The number of nitrogens with one attached hydrogen (secondary N) is 2. The molecular weight excluding hydrogens is 242 g/mol. The Balaban J connectivity index is 2.68. The molecule has 2 amide bonds. The van der Waals surface area contributed by atoms with Gasteiger partial charge in [-0.25, -0.2) is 4.79 Å². The zero-order valence-corrected chi connectivity index (χ0v) is 11.3. The highest BCUT2D eigenvalue weighted by molar-refractivity contribution is 5.95. The number of carbonyl (C=O) groups is 2. The second-order valence-electron chi connectivity index (χ2n) is 4.51. The number of hydrogen-bond acceptors (Lipinski definition) is 3. The fraction of sp³-hybridized carbons (Fsp3) is 0.357. The van der Waals surface area contributed by atoms with E-state index in [0.29, 0.717) is 17.7 Å². The molecule has 5 heteroatoms. The van der Waals surface area contributed by atoms with Crippen molar-refractivity contribution in [1.82, 2.24) is 5.32 Å². The summed E-state index contributed by atoms with van der Waals surface area (Å²) in [6, 6.07) is 8.18. The van der Waals surface area contributed by atoms with Crippen molar-refractivity contribution in [2.75, 3.05) is 5.32 Å². The molecule has 100 valence electrons. The summed E-state index contributed by atoms with van der Waals surface area (Å²) >= 11 is 0. The van der Waals surface area contributed by atoms with Gasteiger partial charge in [-0.2, -0.15) is 5.26 Å². The number of nitrogens with zero attached hydrogens (tertiary/aromatic N) is 1. The molecule has 0 heterocycles. The Bertz CT molecular complexity index is 516. The molecule has 5 nitrogen and oxygen atoms in total. The molecule has 1 aromatic rings. The first-order valence-electron chi connectivity index (χ1n) is 6.01. The van der Waals surface area contributed by atoms with Gasteiger partial charge >= 0.3 is 6.03 Å². The van der Waals surface area contributed by atoms with E-state index in [-0.39, 0.29) is 5.78 Å². The first kappa shape index (κ1) is 14.7. The maximum atomic E-state index is 11.7. The number of hydrogen-bond donors (Lipinski definition) is 2. The highest BCUT2D eigenvalue weighted by Gasteiger charge is 2.23. The van der Waals surface area contributed by atoms with Gasteiger partial charge in [-0.05, 0) is 44.5 Å². The summed E-state index contributed by atoms with van der Waals surface area (Å²) in [6.07, 6.45) is 0.514. The van der Waals surface area contributed by atoms with Gasteiger partial charge in [-0.3, -0.25) is 4.79 Å². The van der Waals surface area contributed by atoms with Gasteiger partial charge in [0.2, 0.25) is 0 Å². The molecule has 0 fully saturated rings. The summed E-state index contributed by atoms with van der Waals surface area (Å²) in [4.78, 5) is 22.8. The topological polar surface area (TPSA) is 82.0 Å². The largest absolute Gasteiger partial charge is 0.320 e. The lowest BCUT2D eigenvalue weighted by Gasteiger charge is -2.21. The molecule has 1 unspecified atom stereocenters. The summed E-state index contributed by atoms with van der Waals surface area (Å²) in [5, 5.41) is 14.2. The van der Waals surface area contributed by atoms with E-state index in [4.69, 9.17) is 5.26 Å². The minimum absolute atomic E-state index is 0.0287. The summed E-state index contributed by atoms with van der Waals surface area (Å²) < 4.78 is 0. The van der Waals surface area contributed by atoms with Crippen LogP contribution >= 0.6 is 0 Å². The van der Waals surface area contributed by atoms with Gasteiger partial charge < -0.3 is 10.6 Å². The minimum Gasteiger partial charge on any atom is -0.320 e. The van der Waals surface area contributed by atoms with Crippen LogP contribution in [0.4, 0.5) is 10.5 Å². The lowest BCUT2D eigenvalue weighted by atomic mass is 10.0. The summed E-state index contributed by atoms with van der Waals surface area (Å²) in [5.74, 6) is -0.0287. The molecule has 1 atom stereocenters. The Kier molecular flexibility index (Phi) is 4.65. The highest BCUT2D eigenvalue weighted by atomic mass is 16.2. The Morgan fingerprint density at radius 2 is 1.89 bits per heavy atom. The van der Waals surface area contributed by atoms with Crippen LogP contribution in [0.25, 0.3) is 0 Å². The number of rotatable bonds is 4. The standard InChI is InChI=1S/C14H17N3O2/c1-4-14(3,9-15)17-13(19)16-12-7-5-11(6-8-12)10(2)18/h5-8H,4H2,1-3H3,(H2,16,17,19). The number of ketones is 1. The number of anilines is 1. The van der Waals surface area contributed by atoms with Crippen molar-refractivity contribution in [3.05, 3.63) is 29.8 Å². The first-order chi connectivity index (χ1) is 8.90. The van der Waals surface area contributed by atoms with Gasteiger partial charge in [0.1, 0.15) is 5.54 Å². The zero-order chi connectivity index (χ0) is 14.5. The van der Waals surface area contributed by atoms with E-state index in [9.17, 15) is 9.59 Å². The SMILES string of the molecule is CCC(C)(C#N)NC(=O)Nc1ccc(C(C)=O)cc1. The third kappa shape index (κ3) is 4.11. The second kappa shape index (κ2) is 6.01. The van der Waals surface area contributed by atoms with Crippen LogP contribution in [0.3, 0.4) is 0 Å². The van der Waals surface area contributed by atoms with Crippen LogP contribution in [0.5, 0.6) is 0 Å². The van der Waals surface area contributed by atoms with Crippen molar-refractivity contribution in [3.63, 3.8) is 0 Å². The Morgan fingerprint density at radius 1 is 1.32 bits per heavy atom. The number of Topliss-reactive ketones (excluding diaryl/α,β-unsaturated/α-hetero) is 1. The number of nitriles is 1. The molecule has 1 rings (SSSR count). The minimum atomic E-state index is -0.886. The van der Waals surface area contributed by atoms with E-state index in [0.717, 1.165) is 0 Å². The van der Waals surface area contributed by atoms with E-state index in [1.807, 2.05) is 6.92 Å². The molecule has 19 heavy (non-hydrogen) atoms. The number of amides is 2. The van der Waals surface area contributed by atoms with Gasteiger partial charge in [0, 0.05) is 11.3 Å². The molecule has 0 aliphatic rings. The van der Waals surface area contributed by atoms with E-state index in [1.165, 1.54) is 6.92 Å². The average molecular weight is 259 g/mol. The van der Waals surface area contributed by atoms with Gasteiger partial charge in [0.15, 0.2) is 5.78 Å². The molecule has 0 spiro atoms. The average Bonchev–Trinajstić information content (AvgIpc) is 2.39. The Morgan fingerprint density at radius 3 is 2.32 bits per heavy atom. The quantitative estimate of drug-likeness (QED) is 0.815. The van der Waals surface area contributed by atoms with Crippen LogP contribution in [0, 0.1) is 11.3 Å². The van der Waals surface area contributed by atoms with Gasteiger partial charge in [0.05, 0.1) is 6.07 Å². The van der Waals surface area contributed by atoms with Crippen LogP contribution in [0.2, 0.25) is 0 Å². The smallest absolute Gasteiger partial charge is 0.320 e. The summed E-state index contributed by atoms with van der Waals surface area (Å²) in [5.41, 5.74) is 0.268. The molecular formula is C14H17N3O2. The van der Waals surface area contributed by atoms with Gasteiger partial charge in [-0.15, -0.1) is 0 Å². The first-order valence-corrected chi connectivity index (χ1v) is 6.01. The molecule has 0 aliphatic heterocycles. The van der Waals surface area contributed by atoms with Crippen molar-refractivity contribution in [2.45, 2.75) is 32.7 Å². The van der Waals surface area contributed by atoms with E-state index >= 15 is 0 Å². The van der Waals surface area contributed by atoms with Gasteiger partial charge in [0.25, 0.3) is 0 Å². The van der Waals surface area contributed by atoms with E-state index in [1.54, 1.807) is 31.2 Å². The van der Waals surface area contributed by atoms with Gasteiger partial charge in [-0.1, -0.05) is 6.92 Å². The lowest BCUT2D eigenvalue weighted by molar-refractivity contribution is 0.101. The molecule has 0 radical (unpaired) electrons. The Labute approximate surface area is 112 Å². The van der Waals surface area contributed by atoms with Crippen LogP contribution in [0.1, 0.15) is 37.6 Å². The van der Waals surface area contributed by atoms with Crippen molar-refractivity contribution in [1.29, 1.82) is 5.26 Å². The van der Waals surface area contributed by atoms with Crippen molar-refractivity contribution in [2.24, 2.45) is 0 Å². The molecule has 0 saturated carbocycles. The predicted octanol–water partition coefficient (Wildman–Crippen LogP) is 2.70. The van der Waals surface area contributed by atoms with Crippen molar-refractivity contribution >= 4 is 17.5 Å². The summed E-state index contributed by atoms with van der Waals surface area (Å²) in [7, 11) is 0. The predicted molar refractivity (Wildman–Crippen MR) is 72.9 cm³/mol. The third-order valence-corrected chi connectivity index (χ3v) is 2.89. The fourth-order valence-electron chi connectivity index (χ4n) is 1.40. The van der Waals surface area contributed by atoms with Crippen molar-refractivity contribution in [3.8, 4) is 6.07 Å². The molecule has 0 aliphatic carbocycles. The fourth-order valence-corrected chi connectivity index (χ4v) is 1.40. The molecule has 0 saturated heterocycles. The van der Waals surface area contributed by atoms with Crippen LogP contribution in [-0.2, 0) is 0 Å².